The highest BCUT2D eigenvalue weighted by Gasteiger charge is 2.29. The van der Waals surface area contributed by atoms with E-state index in [1.807, 2.05) is 0 Å². The number of sulfonamides is 1. The van der Waals surface area contributed by atoms with Gasteiger partial charge in [0.25, 0.3) is 0 Å². The molecule has 0 fully saturated rings. The van der Waals surface area contributed by atoms with Crippen molar-refractivity contribution in [2.75, 3.05) is 5.75 Å². The normalized spacial score (nSPS) is 12.8. The van der Waals surface area contributed by atoms with Crippen molar-refractivity contribution < 1.29 is 17.8 Å². The second-order valence-corrected chi connectivity index (χ2v) is 5.06. The summed E-state index contributed by atoms with van der Waals surface area (Å²) in [6, 6.07) is 9.80. The summed E-state index contributed by atoms with van der Waals surface area (Å²) < 4.78 is 22.8. The van der Waals surface area contributed by atoms with Gasteiger partial charge in [0.05, 0.1) is 5.56 Å². The van der Waals surface area contributed by atoms with Crippen LogP contribution in [-0.2, 0) is 10.0 Å². The van der Waals surface area contributed by atoms with Crippen molar-refractivity contribution in [2.24, 2.45) is 0 Å². The lowest BCUT2D eigenvalue weighted by atomic mass is 10.1. The third kappa shape index (κ3) is 2.38. The molecule has 0 saturated heterocycles. The van der Waals surface area contributed by atoms with E-state index < -0.39 is 10.0 Å². The summed E-state index contributed by atoms with van der Waals surface area (Å²) in [6.45, 7) is 1.39. The fourth-order valence-corrected chi connectivity index (χ4v) is 1.74. The van der Waals surface area contributed by atoms with Gasteiger partial charge in [0.15, 0.2) is 6.07 Å². The van der Waals surface area contributed by atoms with Gasteiger partial charge < -0.3 is 0 Å². The maximum atomic E-state index is 11.4. The highest BCUT2D eigenvalue weighted by molar-refractivity contribution is 7.85. The lowest BCUT2D eigenvalue weighted by molar-refractivity contribution is -0.655. The van der Waals surface area contributed by atoms with Gasteiger partial charge in [-0.15, -0.1) is 0 Å². The molecule has 0 aromatic heterocycles. The van der Waals surface area contributed by atoms with Crippen LogP contribution in [0.1, 0.15) is 12.5 Å². The first-order valence-corrected chi connectivity index (χ1v) is 6.18. The molecule has 0 saturated carbocycles. The maximum absolute atomic E-state index is 11.4. The molecule has 5 nitrogen and oxygen atoms in total. The topological polar surface area (TPSA) is 81.2 Å². The zero-order chi connectivity index (χ0) is 12.2. The van der Waals surface area contributed by atoms with E-state index in [0.29, 0.717) is 5.56 Å². The van der Waals surface area contributed by atoms with Crippen LogP contribution in [0.2, 0.25) is 0 Å². The number of benzene rings is 1. The molecule has 1 aromatic rings. The molecule has 6 heteroatoms. The van der Waals surface area contributed by atoms with E-state index in [9.17, 15) is 13.6 Å². The van der Waals surface area contributed by atoms with Crippen molar-refractivity contribution in [1.82, 2.24) is 0 Å². The van der Waals surface area contributed by atoms with Crippen LogP contribution in [0.3, 0.4) is 0 Å². The van der Waals surface area contributed by atoms with Crippen LogP contribution < -0.4 is 0 Å². The van der Waals surface area contributed by atoms with E-state index in [1.165, 1.54) is 6.92 Å². The van der Waals surface area contributed by atoms with Gasteiger partial charge in [-0.25, -0.2) is 0 Å². The van der Waals surface area contributed by atoms with E-state index in [0.717, 1.165) is 0 Å². The molecular weight excluding hydrogens is 228 g/mol. The molecule has 16 heavy (non-hydrogen) atoms. The van der Waals surface area contributed by atoms with E-state index in [2.05, 4.69) is 0 Å². The predicted octanol–water partition coefficient (Wildman–Crippen LogP) is 0.751. The molecule has 1 rings (SSSR count). The lowest BCUT2D eigenvalue weighted by Crippen LogP contribution is -2.26. The van der Waals surface area contributed by atoms with Crippen LogP contribution in [0.25, 0.3) is 0 Å². The molecule has 1 N–H and O–H groups in total. The summed E-state index contributed by atoms with van der Waals surface area (Å²) in [7, 11) is -3.83. The summed E-state index contributed by atoms with van der Waals surface area (Å²) in [5, 5.41) is 18.3. The van der Waals surface area contributed by atoms with Crippen LogP contribution >= 0.6 is 0 Å². The summed E-state index contributed by atoms with van der Waals surface area (Å²) in [6.07, 6.45) is 0. The molecule has 0 aliphatic heterocycles. The second kappa shape index (κ2) is 4.77. The predicted molar refractivity (Wildman–Crippen MR) is 57.7 cm³/mol. The molecular formula is C10H11N2O3S+. The van der Waals surface area contributed by atoms with Crippen molar-refractivity contribution in [1.29, 1.82) is 5.26 Å². The largest absolute Gasteiger partial charge is 0.408 e. The third-order valence-electron chi connectivity index (χ3n) is 1.97. The van der Waals surface area contributed by atoms with Crippen molar-refractivity contribution in [3.05, 3.63) is 35.9 Å². The summed E-state index contributed by atoms with van der Waals surface area (Å²) >= 11 is 0. The monoisotopic (exact) mass is 239 g/mol. The van der Waals surface area contributed by atoms with Crippen molar-refractivity contribution in [2.45, 2.75) is 6.92 Å². The number of nitrogens with zero attached hydrogens (tertiary/aromatic N) is 2. The minimum atomic E-state index is -3.83. The molecule has 84 valence electrons. The van der Waals surface area contributed by atoms with Crippen LogP contribution in [0, 0.1) is 11.3 Å². The van der Waals surface area contributed by atoms with Gasteiger partial charge in [0, 0.05) is 0 Å². The minimum Gasteiger partial charge on any atom is -0.272 e. The average Bonchev–Trinajstić information content (AvgIpc) is 2.31. The smallest absolute Gasteiger partial charge is 0.272 e. The third-order valence-corrected chi connectivity index (χ3v) is 3.41. The Morgan fingerprint density at radius 1 is 1.44 bits per heavy atom. The Hall–Kier alpha value is -1.87. The summed E-state index contributed by atoms with van der Waals surface area (Å²) in [5.74, 6) is -0.276. The summed E-state index contributed by atoms with van der Waals surface area (Å²) in [4.78, 5) is 0. The van der Waals surface area contributed by atoms with Crippen LogP contribution in [0.15, 0.2) is 30.3 Å². The van der Waals surface area contributed by atoms with Crippen molar-refractivity contribution in [3.8, 4) is 6.07 Å². The quantitative estimate of drug-likeness (QED) is 0.365. The first-order valence-electron chi connectivity index (χ1n) is 4.57. The van der Waals surface area contributed by atoms with Gasteiger partial charge in [0.2, 0.25) is 0 Å². The number of nitriles is 1. The minimum absolute atomic E-state index is 0.0301. The van der Waals surface area contributed by atoms with E-state index >= 15 is 0 Å². The second-order valence-electron chi connectivity index (χ2n) is 2.97. The van der Waals surface area contributed by atoms with Crippen LogP contribution in [0.5, 0.6) is 0 Å². The Balaban J connectivity index is 3.40. The van der Waals surface area contributed by atoms with Gasteiger partial charge in [0.1, 0.15) is 9.90 Å². The maximum Gasteiger partial charge on any atom is 0.408 e. The van der Waals surface area contributed by atoms with Crippen LogP contribution in [-0.4, -0.2) is 29.2 Å². The van der Waals surface area contributed by atoms with Crippen LogP contribution in [0.4, 0.5) is 0 Å². The lowest BCUT2D eigenvalue weighted by Gasteiger charge is -1.95. The first kappa shape index (κ1) is 12.2. The molecule has 1 aromatic carbocycles. The SMILES string of the molecule is CCS(=O)(=O)[N+](O)=C(C#N)c1ccccc1. The Kier molecular flexibility index (Phi) is 3.64. The molecule has 0 amide bonds. The van der Waals surface area contributed by atoms with Crippen molar-refractivity contribution in [3.63, 3.8) is 0 Å². The van der Waals surface area contributed by atoms with Gasteiger partial charge in [-0.1, -0.05) is 18.2 Å². The molecule has 0 heterocycles. The zero-order valence-electron chi connectivity index (χ0n) is 8.66. The molecule has 0 aliphatic carbocycles. The fourth-order valence-electron chi connectivity index (χ4n) is 1.08. The summed E-state index contributed by atoms with van der Waals surface area (Å²) in [5.41, 5.74) is 0.0481. The van der Waals surface area contributed by atoms with Crippen molar-refractivity contribution >= 4 is 15.7 Å². The highest BCUT2D eigenvalue weighted by Crippen LogP contribution is 2.02. The fraction of sp³-hybridized carbons (Fsp3) is 0.200. The molecule has 0 spiro atoms. The van der Waals surface area contributed by atoms with E-state index in [-0.39, 0.29) is 15.6 Å². The number of rotatable bonds is 3. The Bertz CT molecular complexity index is 541. The van der Waals surface area contributed by atoms with Gasteiger partial charge in [-0.05, 0) is 19.1 Å². The van der Waals surface area contributed by atoms with Gasteiger partial charge in [-0.2, -0.15) is 13.7 Å². The van der Waals surface area contributed by atoms with E-state index in [4.69, 9.17) is 5.26 Å². The standard InChI is InChI=1S/C10H11N2O3S/c1-2-16(14,15)12(13)10(8-11)9-6-4-3-5-7-9/h3-7,13H,2H2,1H3/q+1. The molecule has 0 aliphatic rings. The number of hydrogen-bond donors (Lipinski definition) is 1. The highest BCUT2D eigenvalue weighted by atomic mass is 32.2. The Morgan fingerprint density at radius 2 is 2.00 bits per heavy atom. The molecule has 0 bridgehead atoms. The Labute approximate surface area is 93.9 Å². The van der Waals surface area contributed by atoms with Gasteiger partial charge >= 0.3 is 15.7 Å². The molecule has 0 unspecified atom stereocenters. The molecule has 0 atom stereocenters. The average molecular weight is 239 g/mol. The Morgan fingerprint density at radius 3 is 2.44 bits per heavy atom. The molecule has 0 radical (unpaired) electrons. The number of hydrogen-bond acceptors (Lipinski definition) is 4. The first-order chi connectivity index (χ1) is 7.53. The van der Waals surface area contributed by atoms with E-state index in [1.54, 1.807) is 36.4 Å². The zero-order valence-corrected chi connectivity index (χ0v) is 9.48. The van der Waals surface area contributed by atoms with Gasteiger partial charge in [-0.3, -0.25) is 5.21 Å².